The molecule has 0 atom stereocenters. The van der Waals surface area contributed by atoms with Crippen molar-refractivity contribution in [1.29, 1.82) is 0 Å². The van der Waals surface area contributed by atoms with Crippen molar-refractivity contribution in [3.8, 4) is 0 Å². The number of aromatic nitrogens is 2. The van der Waals surface area contributed by atoms with Gasteiger partial charge in [-0.05, 0) is 23.6 Å². The van der Waals surface area contributed by atoms with Gasteiger partial charge in [0.15, 0.2) is 11.2 Å². The molecule has 1 aromatic heterocycles. The average molecular weight is 795 g/mol. The summed E-state index contributed by atoms with van der Waals surface area (Å²) < 4.78 is 10.4. The van der Waals surface area contributed by atoms with Crippen LogP contribution in [0.25, 0.3) is 0 Å². The number of carbonyl (C=O) groups excluding carboxylic acids is 3. The highest BCUT2D eigenvalue weighted by molar-refractivity contribution is 7.99. The molecule has 0 unspecified atom stereocenters. The van der Waals surface area contributed by atoms with Gasteiger partial charge in [0.2, 0.25) is 23.0 Å². The Hall–Kier alpha value is -6.57. The van der Waals surface area contributed by atoms with E-state index in [0.29, 0.717) is 11.3 Å². The molecule has 2 amide bonds. The smallest absolute Gasteiger partial charge is 0.356 e. The lowest BCUT2D eigenvalue weighted by molar-refractivity contribution is -0.147. The van der Waals surface area contributed by atoms with Gasteiger partial charge in [-0.2, -0.15) is 9.36 Å². The van der Waals surface area contributed by atoms with Gasteiger partial charge in [-0.3, -0.25) is 14.5 Å². The number of nitrogen functional groups attached to an aromatic ring is 1. The van der Waals surface area contributed by atoms with Crippen LogP contribution in [-0.2, 0) is 29.6 Å². The zero-order valence-electron chi connectivity index (χ0n) is 30.9. The van der Waals surface area contributed by atoms with Crippen molar-refractivity contribution in [2.75, 3.05) is 23.9 Å². The second kappa shape index (κ2) is 17.9. The number of thioether (sulfide) groups is 1. The van der Waals surface area contributed by atoms with Crippen molar-refractivity contribution < 1.29 is 24.0 Å². The van der Waals surface area contributed by atoms with Gasteiger partial charge in [-0.15, -0.1) is 11.8 Å². The lowest BCUT2D eigenvalue weighted by Crippen LogP contribution is -2.45. The van der Waals surface area contributed by atoms with Crippen molar-refractivity contribution in [2.45, 2.75) is 18.6 Å². The minimum absolute atomic E-state index is 0.0769. The number of ether oxygens (including phenoxy) is 1. The number of anilines is 1. The Morgan fingerprint density at radius 2 is 1.28 bits per heavy atom. The van der Waals surface area contributed by atoms with Crippen LogP contribution < -0.4 is 11.1 Å². The predicted octanol–water partition coefficient (Wildman–Crippen LogP) is 7.09. The molecule has 13 heteroatoms. The standard InChI is InChI=1S/C44H38N6O5S2/c1-30-28-56-29-50(38(30)42(53)54-39(31-17-7-2-8-18-31)32-19-9-3-10-20-32)36(51)27-46-41(52)37(40-47-43(45)57-49-40)48-55-44(33-21-11-4-12-22-33,34-23-13-5-14-24-34)35-25-15-6-16-26-35/h2-26,39H,27-29H2,1H3,(H,46,52)(H2,45,47,49)/b48-37-. The van der Waals surface area contributed by atoms with E-state index in [9.17, 15) is 14.4 Å². The number of oxime groups is 1. The van der Waals surface area contributed by atoms with Crippen LogP contribution in [0.4, 0.5) is 5.13 Å². The number of nitrogens with two attached hydrogens (primary N) is 1. The van der Waals surface area contributed by atoms with Crippen molar-refractivity contribution in [3.05, 3.63) is 197 Å². The maximum atomic E-state index is 14.1. The number of benzene rings is 5. The summed E-state index contributed by atoms with van der Waals surface area (Å²) in [6.45, 7) is 1.31. The molecule has 0 bridgehead atoms. The predicted molar refractivity (Wildman–Crippen MR) is 222 cm³/mol. The molecule has 286 valence electrons. The maximum absolute atomic E-state index is 14.1. The van der Waals surface area contributed by atoms with Gasteiger partial charge in [0.1, 0.15) is 5.70 Å². The molecule has 7 rings (SSSR count). The van der Waals surface area contributed by atoms with E-state index in [1.807, 2.05) is 152 Å². The van der Waals surface area contributed by atoms with Crippen molar-refractivity contribution in [3.63, 3.8) is 0 Å². The first kappa shape index (κ1) is 38.7. The molecule has 57 heavy (non-hydrogen) atoms. The molecule has 2 heterocycles. The Bertz CT molecular complexity index is 2240. The van der Waals surface area contributed by atoms with E-state index in [4.69, 9.17) is 15.3 Å². The fourth-order valence-corrected chi connectivity index (χ4v) is 7.95. The SMILES string of the molecule is CC1=C(C(=O)OC(c2ccccc2)c2ccccc2)N(C(=O)CNC(=O)/C(=N\OC(c2ccccc2)(c2ccccc2)c2ccccc2)c2nsc(N)n2)CSC1. The summed E-state index contributed by atoms with van der Waals surface area (Å²) in [7, 11) is 0. The molecule has 0 spiro atoms. The summed E-state index contributed by atoms with van der Waals surface area (Å²) in [6.07, 6.45) is -0.710. The van der Waals surface area contributed by atoms with Gasteiger partial charge >= 0.3 is 5.97 Å². The molecule has 0 saturated heterocycles. The minimum Gasteiger partial charge on any atom is -0.448 e. The Morgan fingerprint density at radius 1 is 0.789 bits per heavy atom. The van der Waals surface area contributed by atoms with Gasteiger partial charge in [-0.1, -0.05) is 157 Å². The molecule has 0 saturated carbocycles. The highest BCUT2D eigenvalue weighted by Crippen LogP contribution is 2.41. The second-order valence-electron chi connectivity index (χ2n) is 13.0. The summed E-state index contributed by atoms with van der Waals surface area (Å²) in [5.74, 6) is -1.34. The van der Waals surface area contributed by atoms with Crippen molar-refractivity contribution in [2.24, 2.45) is 5.16 Å². The summed E-state index contributed by atoms with van der Waals surface area (Å²) >= 11 is 2.36. The van der Waals surface area contributed by atoms with Crippen LogP contribution in [0.1, 0.15) is 46.7 Å². The number of carbonyl (C=O) groups is 3. The Labute approximate surface area is 338 Å². The number of esters is 1. The molecule has 3 N–H and O–H groups in total. The van der Waals surface area contributed by atoms with E-state index in [-0.39, 0.29) is 28.2 Å². The van der Waals surface area contributed by atoms with Gasteiger partial charge in [0, 0.05) is 34.0 Å². The number of nitrogens with zero attached hydrogens (tertiary/aromatic N) is 4. The molecule has 0 fully saturated rings. The van der Waals surface area contributed by atoms with Crippen molar-refractivity contribution >= 4 is 51.9 Å². The molecule has 11 nitrogen and oxygen atoms in total. The van der Waals surface area contributed by atoms with E-state index >= 15 is 0 Å². The van der Waals surface area contributed by atoms with Crippen LogP contribution >= 0.6 is 23.3 Å². The highest BCUT2D eigenvalue weighted by atomic mass is 32.2. The minimum atomic E-state index is -1.31. The van der Waals surface area contributed by atoms with Crippen LogP contribution in [0.2, 0.25) is 0 Å². The fourth-order valence-electron chi connectivity index (χ4n) is 6.52. The average Bonchev–Trinajstić information content (AvgIpc) is 3.70. The molecule has 5 aromatic carbocycles. The second-order valence-corrected chi connectivity index (χ2v) is 14.7. The maximum Gasteiger partial charge on any atom is 0.356 e. The highest BCUT2D eigenvalue weighted by Gasteiger charge is 2.40. The van der Waals surface area contributed by atoms with Gasteiger partial charge < -0.3 is 20.6 Å². The molecule has 0 aliphatic carbocycles. The summed E-state index contributed by atoms with van der Waals surface area (Å²) in [5.41, 5.74) is 8.97. The number of hydrogen-bond acceptors (Lipinski definition) is 11. The monoisotopic (exact) mass is 794 g/mol. The Kier molecular flexibility index (Phi) is 12.2. The van der Waals surface area contributed by atoms with Crippen LogP contribution in [0.3, 0.4) is 0 Å². The Morgan fingerprint density at radius 3 is 1.75 bits per heavy atom. The number of nitrogens with one attached hydrogen (secondary N) is 1. The van der Waals surface area contributed by atoms with Gasteiger partial charge in [-0.25, -0.2) is 4.79 Å². The third-order valence-electron chi connectivity index (χ3n) is 9.22. The number of rotatable bonds is 13. The van der Waals surface area contributed by atoms with Crippen LogP contribution in [0.5, 0.6) is 0 Å². The molecule has 1 aliphatic heterocycles. The number of hydrogen-bond donors (Lipinski definition) is 2. The first-order valence-corrected chi connectivity index (χ1v) is 20.0. The normalized spacial score (nSPS) is 13.3. The first-order chi connectivity index (χ1) is 27.8. The molecule has 1 aliphatic rings. The number of amides is 2. The van der Waals surface area contributed by atoms with E-state index in [0.717, 1.165) is 39.3 Å². The quantitative estimate of drug-likeness (QED) is 0.0541. The molecule has 6 aromatic rings. The zero-order chi connectivity index (χ0) is 39.6. The van der Waals surface area contributed by atoms with Crippen LogP contribution in [0, 0.1) is 0 Å². The van der Waals surface area contributed by atoms with Gasteiger partial charge in [0.25, 0.3) is 5.91 Å². The lowest BCUT2D eigenvalue weighted by Gasteiger charge is -2.33. The topological polar surface area (TPSA) is 149 Å². The van der Waals surface area contributed by atoms with Crippen molar-refractivity contribution in [1.82, 2.24) is 19.6 Å². The van der Waals surface area contributed by atoms with E-state index in [1.54, 1.807) is 6.92 Å². The zero-order valence-corrected chi connectivity index (χ0v) is 32.5. The van der Waals surface area contributed by atoms with E-state index in [2.05, 4.69) is 19.8 Å². The molecular weight excluding hydrogens is 757 g/mol. The van der Waals surface area contributed by atoms with Gasteiger partial charge in [0.05, 0.1) is 12.4 Å². The largest absolute Gasteiger partial charge is 0.448 e. The third-order valence-corrected chi connectivity index (χ3v) is 10.8. The van der Waals surface area contributed by atoms with E-state index in [1.165, 1.54) is 16.7 Å². The molecular formula is C44H38N6O5S2. The van der Waals surface area contributed by atoms with E-state index < -0.39 is 36.0 Å². The summed E-state index contributed by atoms with van der Waals surface area (Å²) in [5, 5.41) is 7.24. The summed E-state index contributed by atoms with van der Waals surface area (Å²) in [6, 6.07) is 47.4. The van der Waals surface area contributed by atoms with Crippen LogP contribution in [0.15, 0.2) is 168 Å². The lowest BCUT2D eigenvalue weighted by atomic mass is 9.80. The Balaban J connectivity index is 1.16. The third kappa shape index (κ3) is 8.64. The van der Waals surface area contributed by atoms with Crippen LogP contribution in [-0.4, -0.2) is 55.9 Å². The molecule has 0 radical (unpaired) electrons. The fraction of sp³-hybridized carbons (Fsp3) is 0.136. The first-order valence-electron chi connectivity index (χ1n) is 18.0. The summed E-state index contributed by atoms with van der Waals surface area (Å²) in [4.78, 5) is 54.2.